The molecule has 0 saturated carbocycles. The van der Waals surface area contributed by atoms with Crippen molar-refractivity contribution in [3.05, 3.63) is 11.1 Å². The van der Waals surface area contributed by atoms with Gasteiger partial charge in [-0.2, -0.15) is 0 Å². The summed E-state index contributed by atoms with van der Waals surface area (Å²) in [5, 5.41) is 9.65. The molecule has 16 heavy (non-hydrogen) atoms. The van der Waals surface area contributed by atoms with Gasteiger partial charge in [-0.25, -0.2) is 0 Å². The molecule has 0 amide bonds. The number of piperidine rings is 1. The van der Waals surface area contributed by atoms with E-state index in [0.717, 1.165) is 24.1 Å². The molecule has 0 radical (unpaired) electrons. The summed E-state index contributed by atoms with van der Waals surface area (Å²) in [6, 6.07) is 0. The molecule has 2 atom stereocenters. The maximum absolute atomic E-state index is 4.11. The van der Waals surface area contributed by atoms with Gasteiger partial charge in [0.1, 0.15) is 0 Å². The highest BCUT2D eigenvalue weighted by molar-refractivity contribution is 7.03. The third-order valence-corrected chi connectivity index (χ3v) is 4.13. The normalized spacial score (nSPS) is 29.8. The lowest BCUT2D eigenvalue weighted by atomic mass is 9.89. The summed E-state index contributed by atoms with van der Waals surface area (Å²) < 4.78 is 3.91. The van der Waals surface area contributed by atoms with Crippen LogP contribution in [-0.4, -0.2) is 40.7 Å². The summed E-state index contributed by atoms with van der Waals surface area (Å²) >= 11 is 1.45. The number of aromatic nitrogens is 2. The lowest BCUT2D eigenvalue weighted by Gasteiger charge is -2.33. The van der Waals surface area contributed by atoms with Crippen molar-refractivity contribution in [2.75, 3.05) is 26.2 Å². The largest absolute Gasteiger partial charge is 0.316 e. The maximum Gasteiger partial charge on any atom is 0.0895 e. The summed E-state index contributed by atoms with van der Waals surface area (Å²) in [4.78, 5) is 2.52. The van der Waals surface area contributed by atoms with Gasteiger partial charge in [-0.1, -0.05) is 4.49 Å². The van der Waals surface area contributed by atoms with Crippen LogP contribution in [0.5, 0.6) is 0 Å². The van der Waals surface area contributed by atoms with Gasteiger partial charge in [-0.15, -0.1) is 17.5 Å². The van der Waals surface area contributed by atoms with Crippen molar-refractivity contribution in [2.45, 2.75) is 13.0 Å². The Kier molecular flexibility index (Phi) is 4.13. The number of rotatable bonds is 2. The molecule has 2 aliphatic rings. The fourth-order valence-corrected chi connectivity index (χ4v) is 3.18. The Morgan fingerprint density at radius 2 is 2.31 bits per heavy atom. The molecule has 2 aliphatic heterocycles. The first-order valence-electron chi connectivity index (χ1n) is 5.61. The first kappa shape index (κ1) is 12.2. The Labute approximate surface area is 106 Å². The smallest absolute Gasteiger partial charge is 0.0895 e. The Hall–Kier alpha value is -0.230. The summed E-state index contributed by atoms with van der Waals surface area (Å²) in [5.41, 5.74) is 1.13. The Morgan fingerprint density at radius 3 is 3.12 bits per heavy atom. The van der Waals surface area contributed by atoms with E-state index in [2.05, 4.69) is 25.2 Å². The maximum atomic E-state index is 4.11. The zero-order valence-electron chi connectivity index (χ0n) is 9.13. The van der Waals surface area contributed by atoms with Crippen molar-refractivity contribution in [3.8, 4) is 0 Å². The molecule has 6 heteroatoms. The van der Waals surface area contributed by atoms with Crippen molar-refractivity contribution in [1.29, 1.82) is 0 Å². The number of likely N-dealkylation sites (tertiary alicyclic amines) is 1. The van der Waals surface area contributed by atoms with Gasteiger partial charge in [0.25, 0.3) is 0 Å². The average molecular weight is 261 g/mol. The third kappa shape index (κ3) is 2.53. The Bertz CT molecular complexity index is 319. The summed E-state index contributed by atoms with van der Waals surface area (Å²) in [6.07, 6.45) is 1.34. The molecule has 2 unspecified atom stereocenters. The first-order valence-corrected chi connectivity index (χ1v) is 6.44. The van der Waals surface area contributed by atoms with Crippen molar-refractivity contribution in [1.82, 2.24) is 19.8 Å². The molecule has 1 aromatic rings. The van der Waals surface area contributed by atoms with E-state index in [-0.39, 0.29) is 12.4 Å². The van der Waals surface area contributed by atoms with Crippen molar-refractivity contribution in [3.63, 3.8) is 0 Å². The number of nitrogens with one attached hydrogen (secondary N) is 1. The van der Waals surface area contributed by atoms with Crippen LogP contribution in [0, 0.1) is 11.8 Å². The zero-order valence-corrected chi connectivity index (χ0v) is 10.8. The van der Waals surface area contributed by atoms with Crippen molar-refractivity contribution in [2.24, 2.45) is 11.8 Å². The van der Waals surface area contributed by atoms with Gasteiger partial charge in [0, 0.05) is 18.5 Å². The lowest BCUT2D eigenvalue weighted by molar-refractivity contribution is 0.141. The molecule has 0 aliphatic carbocycles. The van der Waals surface area contributed by atoms with Gasteiger partial charge in [0.15, 0.2) is 0 Å². The van der Waals surface area contributed by atoms with E-state index in [0.29, 0.717) is 0 Å². The predicted molar refractivity (Wildman–Crippen MR) is 66.9 cm³/mol. The first-order chi connectivity index (χ1) is 7.42. The highest BCUT2D eigenvalue weighted by Crippen LogP contribution is 2.27. The standard InChI is InChI=1S/C10H16N4S.ClH/c1-2-14(6-10-7-15-13-12-10)5-9-4-11-3-8(1)9;/h7-9,11H,1-6H2;1H. The minimum atomic E-state index is 0. The number of halogens is 1. The molecule has 90 valence electrons. The quantitative estimate of drug-likeness (QED) is 0.862. The van der Waals surface area contributed by atoms with Crippen LogP contribution >= 0.6 is 23.9 Å². The minimum absolute atomic E-state index is 0. The van der Waals surface area contributed by atoms with E-state index in [1.54, 1.807) is 0 Å². The van der Waals surface area contributed by atoms with E-state index >= 15 is 0 Å². The highest BCUT2D eigenvalue weighted by atomic mass is 35.5. The number of hydrogen-bond acceptors (Lipinski definition) is 5. The molecule has 2 saturated heterocycles. The van der Waals surface area contributed by atoms with E-state index in [9.17, 15) is 0 Å². The molecule has 3 rings (SSSR count). The molecule has 0 aromatic carbocycles. The van der Waals surface area contributed by atoms with Crippen LogP contribution in [-0.2, 0) is 6.54 Å². The highest BCUT2D eigenvalue weighted by Gasteiger charge is 2.32. The minimum Gasteiger partial charge on any atom is -0.316 e. The van der Waals surface area contributed by atoms with Crippen LogP contribution in [0.1, 0.15) is 12.1 Å². The average Bonchev–Trinajstić information content (AvgIpc) is 2.87. The van der Waals surface area contributed by atoms with Crippen LogP contribution in [0.4, 0.5) is 0 Å². The number of fused-ring (bicyclic) bond motifs is 1. The van der Waals surface area contributed by atoms with Crippen molar-refractivity contribution < 1.29 is 0 Å². The van der Waals surface area contributed by atoms with Gasteiger partial charge in [0.05, 0.1) is 5.69 Å². The van der Waals surface area contributed by atoms with Gasteiger partial charge in [-0.3, -0.25) is 4.90 Å². The molecule has 0 spiro atoms. The van der Waals surface area contributed by atoms with Crippen LogP contribution in [0.2, 0.25) is 0 Å². The Balaban J connectivity index is 0.000000963. The molecule has 4 nitrogen and oxygen atoms in total. The monoisotopic (exact) mass is 260 g/mol. The molecule has 1 aromatic heterocycles. The van der Waals surface area contributed by atoms with E-state index in [4.69, 9.17) is 0 Å². The molecule has 1 N–H and O–H groups in total. The molecular weight excluding hydrogens is 244 g/mol. The van der Waals surface area contributed by atoms with Crippen LogP contribution in [0.15, 0.2) is 5.38 Å². The zero-order chi connectivity index (χ0) is 10.1. The topological polar surface area (TPSA) is 41.1 Å². The second kappa shape index (κ2) is 5.40. The molecule has 0 bridgehead atoms. The second-order valence-electron chi connectivity index (χ2n) is 4.60. The van der Waals surface area contributed by atoms with Crippen molar-refractivity contribution >= 4 is 23.9 Å². The second-order valence-corrected chi connectivity index (χ2v) is 5.21. The van der Waals surface area contributed by atoms with Gasteiger partial charge < -0.3 is 5.32 Å². The predicted octanol–water partition coefficient (Wildman–Crippen LogP) is 1.00. The van der Waals surface area contributed by atoms with Gasteiger partial charge in [0.2, 0.25) is 0 Å². The molecule has 2 fully saturated rings. The van der Waals surface area contributed by atoms with Crippen LogP contribution in [0.25, 0.3) is 0 Å². The van der Waals surface area contributed by atoms with Crippen LogP contribution in [0.3, 0.4) is 0 Å². The fourth-order valence-electron chi connectivity index (χ4n) is 2.74. The SMILES string of the molecule is Cl.c1snnc1CN1CCC2CNCC2C1. The van der Waals surface area contributed by atoms with Crippen LogP contribution < -0.4 is 5.32 Å². The Morgan fingerprint density at radius 1 is 1.44 bits per heavy atom. The van der Waals surface area contributed by atoms with Gasteiger partial charge in [-0.05, 0) is 49.4 Å². The lowest BCUT2D eigenvalue weighted by Crippen LogP contribution is -2.39. The number of nitrogens with zero attached hydrogens (tertiary/aromatic N) is 3. The molecule has 3 heterocycles. The van der Waals surface area contributed by atoms with E-state index < -0.39 is 0 Å². The molecular formula is C10H17ClN4S. The third-order valence-electron chi connectivity index (χ3n) is 3.58. The summed E-state index contributed by atoms with van der Waals surface area (Å²) in [7, 11) is 0. The van der Waals surface area contributed by atoms with Gasteiger partial charge >= 0.3 is 0 Å². The van der Waals surface area contributed by atoms with E-state index in [1.165, 1.54) is 44.1 Å². The summed E-state index contributed by atoms with van der Waals surface area (Å²) in [6.45, 7) is 5.88. The summed E-state index contributed by atoms with van der Waals surface area (Å²) in [5.74, 6) is 1.79. The van der Waals surface area contributed by atoms with E-state index in [1.807, 2.05) is 0 Å². The fraction of sp³-hybridized carbons (Fsp3) is 0.800. The number of hydrogen-bond donors (Lipinski definition) is 1.